The highest BCUT2D eigenvalue weighted by Crippen LogP contribution is 2.52. The van der Waals surface area contributed by atoms with E-state index in [-0.39, 0.29) is 5.92 Å². The Bertz CT molecular complexity index is 727. The van der Waals surface area contributed by atoms with Gasteiger partial charge in [0, 0.05) is 30.1 Å². The van der Waals surface area contributed by atoms with Gasteiger partial charge in [-0.2, -0.15) is 0 Å². The lowest BCUT2D eigenvalue weighted by molar-refractivity contribution is -0.0411. The second-order valence-electron chi connectivity index (χ2n) is 6.58. The van der Waals surface area contributed by atoms with E-state index in [1.54, 1.807) is 0 Å². The van der Waals surface area contributed by atoms with Crippen molar-refractivity contribution in [3.63, 3.8) is 0 Å². The summed E-state index contributed by atoms with van der Waals surface area (Å²) in [5, 5.41) is 11.6. The lowest BCUT2D eigenvalue weighted by Crippen LogP contribution is -2.46. The minimum Gasteiger partial charge on any atom is -0.456 e. The van der Waals surface area contributed by atoms with Crippen molar-refractivity contribution in [3.05, 3.63) is 59.2 Å². The Labute approximate surface area is 131 Å². The van der Waals surface area contributed by atoms with Crippen LogP contribution in [0.3, 0.4) is 0 Å². The standard InChI is InChI=1S/C19H21NO2/c1-13-6-5-7-14-16-12-20(2)11-10-19(16,21)15-8-3-4-9-17(15)22-18(13)14/h3-9,16,21H,10-12H2,1-2H3/t16?,19-/m0/s1. The quantitative estimate of drug-likeness (QED) is 0.808. The van der Waals surface area contributed by atoms with Crippen molar-refractivity contribution in [2.75, 3.05) is 20.1 Å². The van der Waals surface area contributed by atoms with E-state index in [1.807, 2.05) is 24.3 Å². The molecule has 0 aliphatic carbocycles. The van der Waals surface area contributed by atoms with Crippen molar-refractivity contribution >= 4 is 0 Å². The lowest BCUT2D eigenvalue weighted by Gasteiger charge is -2.43. The summed E-state index contributed by atoms with van der Waals surface area (Å²) in [6, 6.07) is 14.1. The number of aliphatic hydroxyl groups is 1. The van der Waals surface area contributed by atoms with Crippen LogP contribution in [0.15, 0.2) is 42.5 Å². The maximum absolute atomic E-state index is 11.6. The molecule has 2 heterocycles. The highest BCUT2D eigenvalue weighted by molar-refractivity contribution is 5.54. The van der Waals surface area contributed by atoms with Crippen LogP contribution < -0.4 is 4.74 Å². The number of hydrogen-bond donors (Lipinski definition) is 1. The number of nitrogens with zero attached hydrogens (tertiary/aromatic N) is 1. The predicted molar refractivity (Wildman–Crippen MR) is 86.4 cm³/mol. The first-order valence-electron chi connectivity index (χ1n) is 7.87. The molecular weight excluding hydrogens is 274 g/mol. The summed E-state index contributed by atoms with van der Waals surface area (Å²) in [7, 11) is 2.12. The third-order valence-corrected chi connectivity index (χ3v) is 5.13. The molecule has 1 N–H and O–H groups in total. The molecule has 114 valence electrons. The largest absolute Gasteiger partial charge is 0.456 e. The molecule has 2 aliphatic rings. The molecule has 2 aromatic carbocycles. The minimum atomic E-state index is -0.859. The average molecular weight is 295 g/mol. The van der Waals surface area contributed by atoms with Gasteiger partial charge in [-0.05, 0) is 32.0 Å². The number of likely N-dealkylation sites (N-methyl/N-ethyl adjacent to an activating group) is 1. The van der Waals surface area contributed by atoms with Crippen LogP contribution in [0.25, 0.3) is 0 Å². The summed E-state index contributed by atoms with van der Waals surface area (Å²) in [4.78, 5) is 2.29. The molecule has 0 spiro atoms. The van der Waals surface area contributed by atoms with Crippen molar-refractivity contribution < 1.29 is 9.84 Å². The second kappa shape index (κ2) is 4.83. The van der Waals surface area contributed by atoms with Crippen LogP contribution in [0.5, 0.6) is 11.5 Å². The zero-order chi connectivity index (χ0) is 15.3. The molecule has 2 aromatic rings. The molecule has 0 aromatic heterocycles. The molecule has 0 amide bonds. The lowest BCUT2D eigenvalue weighted by atomic mass is 9.72. The van der Waals surface area contributed by atoms with Crippen molar-refractivity contribution in [1.82, 2.24) is 4.90 Å². The van der Waals surface area contributed by atoms with Crippen molar-refractivity contribution in [2.24, 2.45) is 0 Å². The van der Waals surface area contributed by atoms with Gasteiger partial charge >= 0.3 is 0 Å². The number of benzene rings is 2. The Balaban J connectivity index is 2.00. The van der Waals surface area contributed by atoms with Gasteiger partial charge in [-0.3, -0.25) is 0 Å². The Morgan fingerprint density at radius 1 is 1.18 bits per heavy atom. The van der Waals surface area contributed by atoms with Gasteiger partial charge in [-0.15, -0.1) is 0 Å². The Morgan fingerprint density at radius 3 is 2.86 bits per heavy atom. The fourth-order valence-electron chi connectivity index (χ4n) is 3.88. The Morgan fingerprint density at radius 2 is 2.00 bits per heavy atom. The van der Waals surface area contributed by atoms with Crippen LogP contribution in [-0.4, -0.2) is 30.1 Å². The number of piperidine rings is 1. The molecule has 1 saturated heterocycles. The van der Waals surface area contributed by atoms with E-state index in [0.29, 0.717) is 0 Å². The van der Waals surface area contributed by atoms with E-state index in [0.717, 1.165) is 47.7 Å². The molecule has 3 nitrogen and oxygen atoms in total. The van der Waals surface area contributed by atoms with Gasteiger partial charge in [0.05, 0.1) is 0 Å². The van der Waals surface area contributed by atoms with Crippen LogP contribution in [-0.2, 0) is 5.60 Å². The summed E-state index contributed by atoms with van der Waals surface area (Å²) in [5.74, 6) is 1.73. The smallest absolute Gasteiger partial charge is 0.133 e. The summed E-state index contributed by atoms with van der Waals surface area (Å²) in [6.07, 6.45) is 0.724. The van der Waals surface area contributed by atoms with Gasteiger partial charge in [0.2, 0.25) is 0 Å². The maximum Gasteiger partial charge on any atom is 0.133 e. The number of fused-ring (bicyclic) bond motifs is 5. The van der Waals surface area contributed by atoms with Gasteiger partial charge in [0.25, 0.3) is 0 Å². The van der Waals surface area contributed by atoms with Gasteiger partial charge in [-0.25, -0.2) is 0 Å². The summed E-state index contributed by atoms with van der Waals surface area (Å²) < 4.78 is 6.25. The second-order valence-corrected chi connectivity index (χ2v) is 6.58. The van der Waals surface area contributed by atoms with Gasteiger partial charge < -0.3 is 14.7 Å². The third-order valence-electron chi connectivity index (χ3n) is 5.13. The normalized spacial score (nSPS) is 27.1. The first-order valence-corrected chi connectivity index (χ1v) is 7.87. The highest BCUT2D eigenvalue weighted by Gasteiger charge is 2.47. The number of rotatable bonds is 0. The molecule has 0 bridgehead atoms. The SMILES string of the molecule is Cc1cccc2c1Oc1ccccc1[C@@]1(O)CCN(C)CC21. The first-order chi connectivity index (χ1) is 10.6. The molecule has 4 rings (SSSR count). The van der Waals surface area contributed by atoms with Crippen LogP contribution >= 0.6 is 0 Å². The summed E-state index contributed by atoms with van der Waals surface area (Å²) in [6.45, 7) is 3.80. The molecule has 0 saturated carbocycles. The first kappa shape index (κ1) is 13.8. The van der Waals surface area contributed by atoms with Gasteiger partial charge in [-0.1, -0.05) is 36.4 Å². The number of para-hydroxylation sites is 2. The minimum absolute atomic E-state index is 0.0322. The summed E-state index contributed by atoms with van der Waals surface area (Å²) in [5.41, 5.74) is 2.29. The number of hydrogen-bond acceptors (Lipinski definition) is 3. The third kappa shape index (κ3) is 1.89. The van der Waals surface area contributed by atoms with E-state index >= 15 is 0 Å². The van der Waals surface area contributed by atoms with Crippen molar-refractivity contribution in [2.45, 2.75) is 24.9 Å². The van der Waals surface area contributed by atoms with E-state index in [1.165, 1.54) is 0 Å². The van der Waals surface area contributed by atoms with E-state index < -0.39 is 5.60 Å². The van der Waals surface area contributed by atoms with Crippen LogP contribution in [0.1, 0.15) is 29.0 Å². The highest BCUT2D eigenvalue weighted by atomic mass is 16.5. The zero-order valence-corrected chi connectivity index (χ0v) is 13.0. The van der Waals surface area contributed by atoms with E-state index in [2.05, 4.69) is 37.1 Å². The van der Waals surface area contributed by atoms with E-state index in [9.17, 15) is 5.11 Å². The van der Waals surface area contributed by atoms with Crippen LogP contribution in [0, 0.1) is 6.92 Å². The number of aryl methyl sites for hydroxylation is 1. The Kier molecular flexibility index (Phi) is 3.03. The Hall–Kier alpha value is -1.84. The fourth-order valence-corrected chi connectivity index (χ4v) is 3.88. The van der Waals surface area contributed by atoms with Gasteiger partial charge in [0.1, 0.15) is 17.1 Å². The zero-order valence-electron chi connectivity index (χ0n) is 13.0. The monoisotopic (exact) mass is 295 g/mol. The van der Waals surface area contributed by atoms with Gasteiger partial charge in [0.15, 0.2) is 0 Å². The van der Waals surface area contributed by atoms with Crippen LogP contribution in [0.4, 0.5) is 0 Å². The molecule has 2 aliphatic heterocycles. The molecular formula is C19H21NO2. The topological polar surface area (TPSA) is 32.7 Å². The molecule has 0 radical (unpaired) electrons. The van der Waals surface area contributed by atoms with Crippen LogP contribution in [0.2, 0.25) is 0 Å². The summed E-state index contributed by atoms with van der Waals surface area (Å²) >= 11 is 0. The number of ether oxygens (including phenoxy) is 1. The molecule has 22 heavy (non-hydrogen) atoms. The molecule has 2 atom stereocenters. The van der Waals surface area contributed by atoms with Crippen molar-refractivity contribution in [1.29, 1.82) is 0 Å². The molecule has 1 fully saturated rings. The van der Waals surface area contributed by atoms with Crippen molar-refractivity contribution in [3.8, 4) is 11.5 Å². The number of likely N-dealkylation sites (tertiary alicyclic amines) is 1. The molecule has 1 unspecified atom stereocenters. The molecule has 3 heteroatoms. The fraction of sp³-hybridized carbons (Fsp3) is 0.368. The maximum atomic E-state index is 11.6. The van der Waals surface area contributed by atoms with E-state index in [4.69, 9.17) is 4.74 Å². The predicted octanol–water partition coefficient (Wildman–Crippen LogP) is 3.41. The average Bonchev–Trinajstić information content (AvgIpc) is 2.62.